The molecule has 4 rings (SSSR count). The summed E-state index contributed by atoms with van der Waals surface area (Å²) in [5.41, 5.74) is 2.60. The normalized spacial score (nSPS) is 14.4. The van der Waals surface area contributed by atoms with E-state index in [2.05, 4.69) is 56.0 Å². The highest BCUT2D eigenvalue weighted by Crippen LogP contribution is 2.32. The average molecular weight is 472 g/mol. The van der Waals surface area contributed by atoms with Gasteiger partial charge >= 0.3 is 0 Å². The van der Waals surface area contributed by atoms with Crippen LogP contribution in [0.1, 0.15) is 24.2 Å². The van der Waals surface area contributed by atoms with E-state index in [1.54, 1.807) is 13.3 Å². The number of methoxy groups -OCH3 is 1. The topological polar surface area (TPSA) is 73.5 Å². The van der Waals surface area contributed by atoms with Gasteiger partial charge in [-0.05, 0) is 48.0 Å². The Balaban J connectivity index is 1.49. The number of hydrogen-bond donors (Lipinski definition) is 2. The smallest absolute Gasteiger partial charge is 0.256 e. The standard InChI is InChI=1S/C22H26BrN5O2/c1-14(2)26-18-5-4-6-24-21(18)27-7-9-28(10-8-27)22(29)16-13-25-19-12-20(30-3)17(23)11-15(16)19/h4-6,11-14,25-26H,7-10H2,1-3H3. The van der Waals surface area contributed by atoms with Crippen molar-refractivity contribution < 1.29 is 9.53 Å². The van der Waals surface area contributed by atoms with E-state index in [-0.39, 0.29) is 5.91 Å². The summed E-state index contributed by atoms with van der Waals surface area (Å²) in [5.74, 6) is 1.72. The first-order valence-electron chi connectivity index (χ1n) is 10.1. The Morgan fingerprint density at radius 1 is 1.27 bits per heavy atom. The third-order valence-corrected chi connectivity index (χ3v) is 5.90. The number of H-pyrrole nitrogens is 1. The van der Waals surface area contributed by atoms with Crippen molar-refractivity contribution in [3.63, 3.8) is 0 Å². The summed E-state index contributed by atoms with van der Waals surface area (Å²) in [6, 6.07) is 8.16. The predicted octanol–water partition coefficient (Wildman–Crippen LogP) is 4.12. The first kappa shape index (κ1) is 20.5. The van der Waals surface area contributed by atoms with E-state index in [4.69, 9.17) is 4.74 Å². The molecule has 3 aromatic rings. The van der Waals surface area contributed by atoms with Gasteiger partial charge in [0, 0.05) is 61.6 Å². The van der Waals surface area contributed by atoms with Crippen molar-refractivity contribution >= 4 is 44.2 Å². The van der Waals surface area contributed by atoms with Crippen molar-refractivity contribution in [2.75, 3.05) is 43.5 Å². The van der Waals surface area contributed by atoms with Crippen molar-refractivity contribution in [3.8, 4) is 5.75 Å². The summed E-state index contributed by atoms with van der Waals surface area (Å²) in [5, 5.41) is 4.35. The molecule has 8 heteroatoms. The van der Waals surface area contributed by atoms with E-state index in [9.17, 15) is 4.79 Å². The molecule has 3 heterocycles. The Morgan fingerprint density at radius 3 is 2.73 bits per heavy atom. The number of pyridine rings is 1. The number of aromatic nitrogens is 2. The maximum atomic E-state index is 13.2. The highest BCUT2D eigenvalue weighted by atomic mass is 79.9. The first-order chi connectivity index (χ1) is 14.5. The number of amides is 1. The van der Waals surface area contributed by atoms with E-state index < -0.39 is 0 Å². The number of nitrogens with zero attached hydrogens (tertiary/aromatic N) is 3. The number of fused-ring (bicyclic) bond motifs is 1. The fraction of sp³-hybridized carbons (Fsp3) is 0.364. The van der Waals surface area contributed by atoms with Gasteiger partial charge in [-0.2, -0.15) is 0 Å². The molecule has 1 saturated heterocycles. The second-order valence-corrected chi connectivity index (χ2v) is 8.54. The highest BCUT2D eigenvalue weighted by Gasteiger charge is 2.26. The van der Waals surface area contributed by atoms with Gasteiger partial charge in [0.05, 0.1) is 22.8 Å². The first-order valence-corrected chi connectivity index (χ1v) is 10.9. The number of carbonyl (C=O) groups is 1. The largest absolute Gasteiger partial charge is 0.495 e. The molecule has 2 N–H and O–H groups in total. The van der Waals surface area contributed by atoms with Crippen molar-refractivity contribution in [1.82, 2.24) is 14.9 Å². The van der Waals surface area contributed by atoms with Crippen LogP contribution in [0.5, 0.6) is 5.75 Å². The molecular weight excluding hydrogens is 446 g/mol. The van der Waals surface area contributed by atoms with Crippen molar-refractivity contribution in [2.45, 2.75) is 19.9 Å². The fourth-order valence-corrected chi connectivity index (χ4v) is 4.33. The van der Waals surface area contributed by atoms with Gasteiger partial charge in [-0.1, -0.05) is 0 Å². The van der Waals surface area contributed by atoms with Crippen LogP contribution >= 0.6 is 15.9 Å². The zero-order valence-electron chi connectivity index (χ0n) is 17.4. The van der Waals surface area contributed by atoms with Crippen LogP contribution in [0.2, 0.25) is 0 Å². The Kier molecular flexibility index (Phi) is 5.85. The zero-order chi connectivity index (χ0) is 21.3. The maximum absolute atomic E-state index is 13.2. The molecule has 0 radical (unpaired) electrons. The third kappa shape index (κ3) is 3.96. The van der Waals surface area contributed by atoms with Crippen molar-refractivity contribution in [3.05, 3.63) is 46.7 Å². The summed E-state index contributed by atoms with van der Waals surface area (Å²) < 4.78 is 6.18. The summed E-state index contributed by atoms with van der Waals surface area (Å²) in [4.78, 5) is 25.1. The summed E-state index contributed by atoms with van der Waals surface area (Å²) >= 11 is 3.52. The molecule has 30 heavy (non-hydrogen) atoms. The average Bonchev–Trinajstić information content (AvgIpc) is 3.15. The molecule has 1 amide bonds. The lowest BCUT2D eigenvalue weighted by Gasteiger charge is -2.36. The molecule has 0 bridgehead atoms. The van der Waals surface area contributed by atoms with E-state index >= 15 is 0 Å². The molecule has 1 aliphatic heterocycles. The Bertz CT molecular complexity index is 1060. The summed E-state index contributed by atoms with van der Waals surface area (Å²) in [6.45, 7) is 7.02. The Hall–Kier alpha value is -2.74. The molecule has 0 saturated carbocycles. The molecular formula is C22H26BrN5O2. The minimum atomic E-state index is 0.0412. The van der Waals surface area contributed by atoms with Crippen LogP contribution in [0.4, 0.5) is 11.5 Å². The lowest BCUT2D eigenvalue weighted by atomic mass is 10.1. The minimum absolute atomic E-state index is 0.0412. The number of rotatable bonds is 5. The number of aromatic amines is 1. The van der Waals surface area contributed by atoms with Crippen LogP contribution in [0.15, 0.2) is 41.1 Å². The van der Waals surface area contributed by atoms with Gasteiger partial charge in [-0.3, -0.25) is 4.79 Å². The SMILES string of the molecule is COc1cc2[nH]cc(C(=O)N3CCN(c4ncccc4NC(C)C)CC3)c2cc1Br. The number of nitrogens with one attached hydrogen (secondary N) is 2. The second-order valence-electron chi connectivity index (χ2n) is 7.69. The van der Waals surface area contributed by atoms with Crippen LogP contribution in [-0.2, 0) is 0 Å². The minimum Gasteiger partial charge on any atom is -0.495 e. The van der Waals surface area contributed by atoms with Gasteiger partial charge in [-0.25, -0.2) is 4.98 Å². The molecule has 0 unspecified atom stereocenters. The number of ether oxygens (including phenoxy) is 1. The van der Waals surface area contributed by atoms with Crippen LogP contribution in [0.25, 0.3) is 10.9 Å². The van der Waals surface area contributed by atoms with E-state index in [0.717, 1.165) is 45.7 Å². The second kappa shape index (κ2) is 8.55. The lowest BCUT2D eigenvalue weighted by molar-refractivity contribution is 0.0748. The Morgan fingerprint density at radius 2 is 2.03 bits per heavy atom. The number of piperazine rings is 1. The number of carbonyl (C=O) groups excluding carboxylic acids is 1. The third-order valence-electron chi connectivity index (χ3n) is 5.28. The molecule has 1 fully saturated rings. The highest BCUT2D eigenvalue weighted by molar-refractivity contribution is 9.10. The monoisotopic (exact) mass is 471 g/mol. The Labute approximate surface area is 184 Å². The van der Waals surface area contributed by atoms with Crippen molar-refractivity contribution in [1.29, 1.82) is 0 Å². The molecule has 1 aliphatic rings. The number of anilines is 2. The quantitative estimate of drug-likeness (QED) is 0.585. The molecule has 2 aromatic heterocycles. The van der Waals surface area contributed by atoms with Gasteiger partial charge in [0.1, 0.15) is 5.75 Å². The van der Waals surface area contributed by atoms with Crippen LogP contribution in [-0.4, -0.2) is 60.1 Å². The van der Waals surface area contributed by atoms with Crippen molar-refractivity contribution in [2.24, 2.45) is 0 Å². The van der Waals surface area contributed by atoms with Gasteiger partial charge in [0.2, 0.25) is 0 Å². The van der Waals surface area contributed by atoms with E-state index in [0.29, 0.717) is 24.7 Å². The van der Waals surface area contributed by atoms with E-state index in [1.165, 1.54) is 0 Å². The number of benzene rings is 1. The molecule has 0 atom stereocenters. The van der Waals surface area contributed by atoms with Crippen LogP contribution in [0.3, 0.4) is 0 Å². The number of hydrogen-bond acceptors (Lipinski definition) is 5. The predicted molar refractivity (Wildman–Crippen MR) is 124 cm³/mol. The molecule has 158 valence electrons. The fourth-order valence-electron chi connectivity index (χ4n) is 3.82. The van der Waals surface area contributed by atoms with Crippen LogP contribution in [0, 0.1) is 0 Å². The number of halogens is 1. The van der Waals surface area contributed by atoms with E-state index in [1.807, 2.05) is 29.3 Å². The van der Waals surface area contributed by atoms with Gasteiger partial charge in [0.25, 0.3) is 5.91 Å². The zero-order valence-corrected chi connectivity index (χ0v) is 19.0. The molecule has 0 spiro atoms. The lowest BCUT2D eigenvalue weighted by Crippen LogP contribution is -2.49. The molecule has 1 aromatic carbocycles. The van der Waals surface area contributed by atoms with Gasteiger partial charge < -0.3 is 24.8 Å². The van der Waals surface area contributed by atoms with Gasteiger partial charge in [0.15, 0.2) is 5.82 Å². The maximum Gasteiger partial charge on any atom is 0.256 e. The summed E-state index contributed by atoms with van der Waals surface area (Å²) in [6.07, 6.45) is 3.60. The molecule has 0 aliphatic carbocycles. The van der Waals surface area contributed by atoms with Crippen LogP contribution < -0.4 is 15.0 Å². The van der Waals surface area contributed by atoms with Gasteiger partial charge in [-0.15, -0.1) is 0 Å². The molecule has 7 nitrogen and oxygen atoms in total. The summed E-state index contributed by atoms with van der Waals surface area (Å²) in [7, 11) is 1.63.